The summed E-state index contributed by atoms with van der Waals surface area (Å²) < 4.78 is 5.71. The number of amides is 3. The third-order valence-electron chi connectivity index (χ3n) is 5.79. The first-order valence-corrected chi connectivity index (χ1v) is 10.9. The molecule has 2 aliphatic heterocycles. The quantitative estimate of drug-likeness (QED) is 0.550. The van der Waals surface area contributed by atoms with Gasteiger partial charge in [0.15, 0.2) is 0 Å². The number of carbonyl (C=O) groups is 2. The van der Waals surface area contributed by atoms with Crippen LogP contribution in [-0.2, 0) is 11.2 Å². The zero-order chi connectivity index (χ0) is 22.7. The van der Waals surface area contributed by atoms with Gasteiger partial charge in [-0.25, -0.2) is 4.79 Å². The van der Waals surface area contributed by atoms with E-state index in [0.29, 0.717) is 24.4 Å². The summed E-state index contributed by atoms with van der Waals surface area (Å²) in [5.74, 6) is 0.535. The van der Waals surface area contributed by atoms with E-state index in [9.17, 15) is 9.59 Å². The number of ether oxygens (including phenoxy) is 1. The van der Waals surface area contributed by atoms with Gasteiger partial charge >= 0.3 is 6.03 Å². The van der Waals surface area contributed by atoms with Crippen molar-refractivity contribution in [1.82, 2.24) is 10.6 Å². The van der Waals surface area contributed by atoms with Gasteiger partial charge in [0.25, 0.3) is 0 Å². The highest BCUT2D eigenvalue weighted by Crippen LogP contribution is 2.28. The monoisotopic (exact) mass is 434 g/mol. The van der Waals surface area contributed by atoms with E-state index >= 15 is 0 Å². The zero-order valence-electron chi connectivity index (χ0n) is 18.7. The smallest absolute Gasteiger partial charge is 0.320 e. The molecular weight excluding hydrogens is 404 g/mol. The normalized spacial score (nSPS) is 19.9. The van der Waals surface area contributed by atoms with Gasteiger partial charge in [0.2, 0.25) is 5.91 Å². The molecule has 3 amide bonds. The third kappa shape index (κ3) is 5.29. The van der Waals surface area contributed by atoms with Gasteiger partial charge in [0.05, 0.1) is 5.92 Å². The number of para-hydroxylation sites is 1. The fourth-order valence-electron chi connectivity index (χ4n) is 3.83. The first kappa shape index (κ1) is 21.9. The van der Waals surface area contributed by atoms with Crippen LogP contribution in [0.3, 0.4) is 0 Å². The summed E-state index contributed by atoms with van der Waals surface area (Å²) in [7, 11) is 0. The molecule has 0 fully saturated rings. The molecule has 0 spiro atoms. The minimum atomic E-state index is -0.288. The van der Waals surface area contributed by atoms with E-state index in [4.69, 9.17) is 4.74 Å². The van der Waals surface area contributed by atoms with Gasteiger partial charge in [-0.1, -0.05) is 44.5 Å². The van der Waals surface area contributed by atoms with Gasteiger partial charge in [0.1, 0.15) is 18.5 Å². The largest absolute Gasteiger partial charge is 0.492 e. The fourth-order valence-corrected chi connectivity index (χ4v) is 3.83. The minimum Gasteiger partial charge on any atom is -0.492 e. The maximum absolute atomic E-state index is 12.6. The number of nitrogens with one attached hydrogen (secondary N) is 4. The van der Waals surface area contributed by atoms with Crippen LogP contribution in [0.4, 0.5) is 16.2 Å². The molecule has 7 nitrogen and oxygen atoms in total. The molecule has 0 bridgehead atoms. The Morgan fingerprint density at radius 1 is 1.00 bits per heavy atom. The van der Waals surface area contributed by atoms with Crippen LogP contribution in [0.1, 0.15) is 26.3 Å². The Morgan fingerprint density at radius 2 is 1.69 bits per heavy atom. The lowest BCUT2D eigenvalue weighted by Crippen LogP contribution is -2.43. The van der Waals surface area contributed by atoms with Gasteiger partial charge in [0, 0.05) is 17.9 Å². The molecule has 0 radical (unpaired) electrons. The highest BCUT2D eigenvalue weighted by Gasteiger charge is 2.26. The Bertz CT molecular complexity index is 1020. The van der Waals surface area contributed by atoms with Crippen LogP contribution < -0.4 is 26.0 Å². The Balaban J connectivity index is 1.28. The summed E-state index contributed by atoms with van der Waals surface area (Å²) >= 11 is 0. The lowest BCUT2D eigenvalue weighted by molar-refractivity contribution is -0.121. The Kier molecular flexibility index (Phi) is 6.19. The van der Waals surface area contributed by atoms with Crippen LogP contribution in [0.15, 0.2) is 60.2 Å². The van der Waals surface area contributed by atoms with E-state index in [1.54, 1.807) is 24.3 Å². The summed E-state index contributed by atoms with van der Waals surface area (Å²) in [5.41, 5.74) is 3.72. The van der Waals surface area contributed by atoms with Crippen LogP contribution in [-0.4, -0.2) is 31.3 Å². The average molecular weight is 435 g/mol. The second kappa shape index (κ2) is 9.04. The first-order chi connectivity index (χ1) is 15.3. The van der Waals surface area contributed by atoms with Crippen LogP contribution >= 0.6 is 0 Å². The van der Waals surface area contributed by atoms with Crippen molar-refractivity contribution in [2.75, 3.05) is 23.8 Å². The molecule has 0 saturated carbocycles. The number of rotatable bonds is 4. The molecule has 4 rings (SSSR count). The Labute approximate surface area is 188 Å². The molecule has 2 heterocycles. The van der Waals surface area contributed by atoms with Gasteiger partial charge in [-0.2, -0.15) is 0 Å². The van der Waals surface area contributed by atoms with Crippen molar-refractivity contribution < 1.29 is 14.3 Å². The molecular formula is C25H30N4O3. The molecule has 2 unspecified atom stereocenters. The van der Waals surface area contributed by atoms with Crippen molar-refractivity contribution in [3.05, 3.63) is 65.7 Å². The standard InChI is InChI=1S/C25H30N4O3/c1-25(2,3)18-13-22(26-14-18)29-24(31)28-20-10-8-19(9-11-20)27-23(30)17-12-16-6-4-5-7-21(16)32-15-17/h4-11,13,17,22,26H,12,14-15H2,1-3H3,(H,27,30)(H2,28,29,31). The number of hydrogen-bond acceptors (Lipinski definition) is 4. The fraction of sp³-hybridized carbons (Fsp3) is 0.360. The van der Waals surface area contributed by atoms with Crippen molar-refractivity contribution in [2.45, 2.75) is 33.4 Å². The van der Waals surface area contributed by atoms with Crippen molar-refractivity contribution in [2.24, 2.45) is 11.3 Å². The number of anilines is 2. The van der Waals surface area contributed by atoms with Crippen molar-refractivity contribution in [3.8, 4) is 5.75 Å². The van der Waals surface area contributed by atoms with Gasteiger partial charge in [-0.15, -0.1) is 0 Å². The van der Waals surface area contributed by atoms with E-state index in [1.807, 2.05) is 24.3 Å². The minimum absolute atomic E-state index is 0.0767. The predicted octanol–water partition coefficient (Wildman–Crippen LogP) is 3.90. The molecule has 0 saturated heterocycles. The van der Waals surface area contributed by atoms with E-state index < -0.39 is 0 Å². The molecule has 0 aromatic heterocycles. The van der Waals surface area contributed by atoms with Gasteiger partial charge in [-0.05, 0) is 53.8 Å². The van der Waals surface area contributed by atoms with Crippen molar-refractivity contribution >= 4 is 23.3 Å². The summed E-state index contributed by atoms with van der Waals surface area (Å²) in [6.07, 6.45) is 2.53. The predicted molar refractivity (Wildman–Crippen MR) is 126 cm³/mol. The van der Waals surface area contributed by atoms with E-state index in [-0.39, 0.29) is 29.4 Å². The number of fused-ring (bicyclic) bond motifs is 1. The molecule has 0 aliphatic carbocycles. The molecule has 168 valence electrons. The van der Waals surface area contributed by atoms with Crippen LogP contribution in [0.25, 0.3) is 0 Å². The molecule has 2 aliphatic rings. The lowest BCUT2D eigenvalue weighted by Gasteiger charge is -2.24. The first-order valence-electron chi connectivity index (χ1n) is 10.9. The molecule has 4 N–H and O–H groups in total. The molecule has 2 atom stereocenters. The molecule has 2 aromatic carbocycles. The zero-order valence-corrected chi connectivity index (χ0v) is 18.7. The maximum Gasteiger partial charge on any atom is 0.320 e. The van der Waals surface area contributed by atoms with E-state index in [0.717, 1.165) is 17.9 Å². The van der Waals surface area contributed by atoms with E-state index in [1.165, 1.54) is 5.57 Å². The second-order valence-corrected chi connectivity index (χ2v) is 9.29. The highest BCUT2D eigenvalue weighted by atomic mass is 16.5. The SMILES string of the molecule is CC(C)(C)C1=CC(NC(=O)Nc2ccc(NC(=O)C3COc4ccccc4C3)cc2)NC1. The van der Waals surface area contributed by atoms with Crippen molar-refractivity contribution in [3.63, 3.8) is 0 Å². The summed E-state index contributed by atoms with van der Waals surface area (Å²) in [6, 6.07) is 14.6. The Morgan fingerprint density at radius 3 is 2.38 bits per heavy atom. The summed E-state index contributed by atoms with van der Waals surface area (Å²) in [4.78, 5) is 25.0. The van der Waals surface area contributed by atoms with Crippen molar-refractivity contribution in [1.29, 1.82) is 0 Å². The topological polar surface area (TPSA) is 91.5 Å². The van der Waals surface area contributed by atoms with Crippen LogP contribution in [0.2, 0.25) is 0 Å². The number of urea groups is 1. The molecule has 2 aromatic rings. The van der Waals surface area contributed by atoms with E-state index in [2.05, 4.69) is 48.1 Å². The van der Waals surface area contributed by atoms with Crippen LogP contribution in [0, 0.1) is 11.3 Å². The molecule has 32 heavy (non-hydrogen) atoms. The lowest BCUT2D eigenvalue weighted by atomic mass is 9.87. The molecule has 7 heteroatoms. The second-order valence-electron chi connectivity index (χ2n) is 9.29. The van der Waals surface area contributed by atoms with Gasteiger partial charge in [-0.3, -0.25) is 10.1 Å². The maximum atomic E-state index is 12.6. The summed E-state index contributed by atoms with van der Waals surface area (Å²) in [6.45, 7) is 7.60. The number of hydrogen-bond donors (Lipinski definition) is 4. The third-order valence-corrected chi connectivity index (χ3v) is 5.79. The number of benzene rings is 2. The Hall–Kier alpha value is -3.32. The van der Waals surface area contributed by atoms with Crippen LogP contribution in [0.5, 0.6) is 5.75 Å². The average Bonchev–Trinajstić information content (AvgIpc) is 3.23. The summed E-state index contributed by atoms with van der Waals surface area (Å²) in [5, 5.41) is 11.9. The highest BCUT2D eigenvalue weighted by molar-refractivity contribution is 5.94. The van der Waals surface area contributed by atoms with Gasteiger partial charge < -0.3 is 20.7 Å². The number of carbonyl (C=O) groups excluding carboxylic acids is 2.